The molecule has 0 fully saturated rings. The number of hydrogen-bond donors (Lipinski definition) is 2. The van der Waals surface area contributed by atoms with Crippen molar-refractivity contribution in [3.05, 3.63) is 29.8 Å². The minimum absolute atomic E-state index is 0.0310. The van der Waals surface area contributed by atoms with Crippen LogP contribution < -0.4 is 5.32 Å². The molecule has 0 aliphatic heterocycles. The van der Waals surface area contributed by atoms with Gasteiger partial charge in [-0.1, -0.05) is 12.1 Å². The van der Waals surface area contributed by atoms with Crippen molar-refractivity contribution in [2.24, 2.45) is 0 Å². The third-order valence-electron chi connectivity index (χ3n) is 2.22. The number of carboxylic acid groups (broad SMARTS) is 1. The molecule has 0 heterocycles. The lowest BCUT2D eigenvalue weighted by atomic mass is 10.2. The van der Waals surface area contributed by atoms with Crippen LogP contribution in [0.15, 0.2) is 24.3 Å². The molecule has 0 spiro atoms. The van der Waals surface area contributed by atoms with Gasteiger partial charge in [0.25, 0.3) is 0 Å². The van der Waals surface area contributed by atoms with Gasteiger partial charge >= 0.3 is 5.97 Å². The number of rotatable bonds is 7. The lowest BCUT2D eigenvalue weighted by Gasteiger charge is -2.05. The third kappa shape index (κ3) is 6.30. The molecule has 98 valence electrons. The van der Waals surface area contributed by atoms with Crippen LogP contribution in [0.2, 0.25) is 0 Å². The van der Waals surface area contributed by atoms with E-state index >= 15 is 0 Å². The van der Waals surface area contributed by atoms with Crippen LogP contribution in [0, 0.1) is 6.92 Å². The van der Waals surface area contributed by atoms with E-state index < -0.39 is 5.97 Å². The van der Waals surface area contributed by atoms with Gasteiger partial charge in [0.05, 0.1) is 5.75 Å². The molecule has 0 aliphatic carbocycles. The summed E-state index contributed by atoms with van der Waals surface area (Å²) >= 11 is 1.33. The second kappa shape index (κ2) is 7.76. The SMILES string of the molecule is Cc1cccc(NC(=O)CCCSCC(=O)O)c1. The first-order chi connectivity index (χ1) is 8.58. The Balaban J connectivity index is 2.20. The van der Waals surface area contributed by atoms with Gasteiger partial charge in [0.15, 0.2) is 0 Å². The van der Waals surface area contributed by atoms with E-state index in [0.717, 1.165) is 11.3 Å². The average molecular weight is 267 g/mol. The van der Waals surface area contributed by atoms with Crippen LogP contribution in [0.25, 0.3) is 0 Å². The molecule has 0 bridgehead atoms. The third-order valence-corrected chi connectivity index (χ3v) is 3.25. The summed E-state index contributed by atoms with van der Waals surface area (Å²) in [5.41, 5.74) is 1.91. The maximum absolute atomic E-state index is 11.6. The number of carbonyl (C=O) groups is 2. The summed E-state index contributed by atoms with van der Waals surface area (Å²) < 4.78 is 0. The summed E-state index contributed by atoms with van der Waals surface area (Å²) in [6.07, 6.45) is 1.11. The van der Waals surface area contributed by atoms with Crippen LogP contribution in [0.3, 0.4) is 0 Å². The summed E-state index contributed by atoms with van der Waals surface area (Å²) in [6, 6.07) is 7.63. The van der Waals surface area contributed by atoms with E-state index in [9.17, 15) is 9.59 Å². The predicted molar refractivity (Wildman–Crippen MR) is 74.0 cm³/mol. The van der Waals surface area contributed by atoms with E-state index in [1.54, 1.807) is 0 Å². The summed E-state index contributed by atoms with van der Waals surface area (Å²) in [4.78, 5) is 21.9. The van der Waals surface area contributed by atoms with Crippen molar-refractivity contribution in [1.82, 2.24) is 0 Å². The van der Waals surface area contributed by atoms with Crippen LogP contribution in [0.5, 0.6) is 0 Å². The number of carboxylic acids is 1. The molecule has 0 radical (unpaired) electrons. The fraction of sp³-hybridized carbons (Fsp3) is 0.385. The van der Waals surface area contributed by atoms with Crippen LogP contribution >= 0.6 is 11.8 Å². The molecular weight excluding hydrogens is 250 g/mol. The van der Waals surface area contributed by atoms with Crippen molar-refractivity contribution < 1.29 is 14.7 Å². The number of aryl methyl sites for hydroxylation is 1. The van der Waals surface area contributed by atoms with Gasteiger partial charge < -0.3 is 10.4 Å². The highest BCUT2D eigenvalue weighted by Gasteiger charge is 2.03. The molecule has 0 saturated heterocycles. The topological polar surface area (TPSA) is 66.4 Å². The Labute approximate surface area is 111 Å². The van der Waals surface area contributed by atoms with Gasteiger partial charge in [-0.15, -0.1) is 0 Å². The minimum atomic E-state index is -0.816. The average Bonchev–Trinajstić information content (AvgIpc) is 2.28. The molecule has 0 aliphatic rings. The van der Waals surface area contributed by atoms with Crippen molar-refractivity contribution >= 4 is 29.3 Å². The second-order valence-corrected chi connectivity index (χ2v) is 5.07. The number of carbonyl (C=O) groups excluding carboxylic acids is 1. The molecule has 1 aromatic carbocycles. The largest absolute Gasteiger partial charge is 0.481 e. The van der Waals surface area contributed by atoms with Crippen molar-refractivity contribution in [2.45, 2.75) is 19.8 Å². The standard InChI is InChI=1S/C13H17NO3S/c1-10-4-2-5-11(8-10)14-12(15)6-3-7-18-9-13(16)17/h2,4-5,8H,3,6-7,9H2,1H3,(H,14,15)(H,16,17). The number of aliphatic carboxylic acids is 1. The number of anilines is 1. The molecule has 2 N–H and O–H groups in total. The van der Waals surface area contributed by atoms with E-state index in [1.165, 1.54) is 11.8 Å². The molecule has 4 nitrogen and oxygen atoms in total. The molecule has 0 unspecified atom stereocenters. The molecule has 1 rings (SSSR count). The van der Waals surface area contributed by atoms with Crippen LogP contribution in [0.1, 0.15) is 18.4 Å². The van der Waals surface area contributed by atoms with Crippen molar-refractivity contribution in [3.8, 4) is 0 Å². The smallest absolute Gasteiger partial charge is 0.313 e. The summed E-state index contributed by atoms with van der Waals surface area (Å²) in [5.74, 6) is -0.0618. The maximum Gasteiger partial charge on any atom is 0.313 e. The van der Waals surface area contributed by atoms with E-state index in [4.69, 9.17) is 5.11 Å². The lowest BCUT2D eigenvalue weighted by Crippen LogP contribution is -2.11. The Morgan fingerprint density at radius 1 is 1.39 bits per heavy atom. The van der Waals surface area contributed by atoms with Crippen molar-refractivity contribution in [3.63, 3.8) is 0 Å². The highest BCUT2D eigenvalue weighted by Crippen LogP contribution is 2.11. The van der Waals surface area contributed by atoms with Gasteiger partial charge in [-0.25, -0.2) is 0 Å². The van der Waals surface area contributed by atoms with Gasteiger partial charge in [0.2, 0.25) is 5.91 Å². The normalized spacial score (nSPS) is 10.1. The molecule has 1 aromatic rings. The maximum atomic E-state index is 11.6. The van der Waals surface area contributed by atoms with Crippen molar-refractivity contribution in [1.29, 1.82) is 0 Å². The van der Waals surface area contributed by atoms with Crippen LogP contribution in [-0.2, 0) is 9.59 Å². The van der Waals surface area contributed by atoms with Crippen molar-refractivity contribution in [2.75, 3.05) is 16.8 Å². The fourth-order valence-corrected chi connectivity index (χ4v) is 2.11. The van der Waals surface area contributed by atoms with Gasteiger partial charge in [0, 0.05) is 12.1 Å². The molecule has 0 saturated carbocycles. The zero-order chi connectivity index (χ0) is 13.4. The Kier molecular flexibility index (Phi) is 6.28. The number of benzene rings is 1. The summed E-state index contributed by atoms with van der Waals surface area (Å²) in [6.45, 7) is 1.97. The quantitative estimate of drug-likeness (QED) is 0.745. The number of amides is 1. The van der Waals surface area contributed by atoms with E-state index in [-0.39, 0.29) is 11.7 Å². The van der Waals surface area contributed by atoms with Gasteiger partial charge in [0.1, 0.15) is 0 Å². The summed E-state index contributed by atoms with van der Waals surface area (Å²) in [7, 11) is 0. The van der Waals surface area contributed by atoms with Crippen LogP contribution in [-0.4, -0.2) is 28.5 Å². The zero-order valence-corrected chi connectivity index (χ0v) is 11.1. The van der Waals surface area contributed by atoms with Gasteiger partial charge in [-0.05, 0) is 36.8 Å². The fourth-order valence-electron chi connectivity index (χ4n) is 1.44. The van der Waals surface area contributed by atoms with E-state index in [0.29, 0.717) is 18.6 Å². The molecule has 5 heteroatoms. The molecule has 1 amide bonds. The highest BCUT2D eigenvalue weighted by molar-refractivity contribution is 7.99. The Morgan fingerprint density at radius 3 is 2.83 bits per heavy atom. The lowest BCUT2D eigenvalue weighted by molar-refractivity contribution is -0.133. The molecule has 0 atom stereocenters. The number of hydrogen-bond acceptors (Lipinski definition) is 3. The molecular formula is C13H17NO3S. The number of nitrogens with one attached hydrogen (secondary N) is 1. The Morgan fingerprint density at radius 2 is 2.17 bits per heavy atom. The first-order valence-corrected chi connectivity index (χ1v) is 6.89. The molecule has 18 heavy (non-hydrogen) atoms. The van der Waals surface area contributed by atoms with E-state index in [1.807, 2.05) is 31.2 Å². The van der Waals surface area contributed by atoms with Gasteiger partial charge in [-0.3, -0.25) is 9.59 Å². The molecule has 0 aromatic heterocycles. The number of thioether (sulfide) groups is 1. The monoisotopic (exact) mass is 267 g/mol. The summed E-state index contributed by atoms with van der Waals surface area (Å²) in [5, 5.41) is 11.3. The first-order valence-electron chi connectivity index (χ1n) is 5.74. The van der Waals surface area contributed by atoms with Crippen LogP contribution in [0.4, 0.5) is 5.69 Å². The van der Waals surface area contributed by atoms with E-state index in [2.05, 4.69) is 5.32 Å². The second-order valence-electron chi connectivity index (χ2n) is 3.97. The Hall–Kier alpha value is -1.49. The van der Waals surface area contributed by atoms with Gasteiger partial charge in [-0.2, -0.15) is 11.8 Å². The minimum Gasteiger partial charge on any atom is -0.481 e. The zero-order valence-electron chi connectivity index (χ0n) is 10.3. The Bertz CT molecular complexity index is 420. The predicted octanol–water partition coefficient (Wildman–Crippen LogP) is 2.53. The highest BCUT2D eigenvalue weighted by atomic mass is 32.2. The first kappa shape index (κ1) is 14.6.